The molecule has 0 unspecified atom stereocenters. The second-order valence-electron chi connectivity index (χ2n) is 2.08. The number of rotatable bonds is 2. The van der Waals surface area contributed by atoms with Crippen molar-refractivity contribution in [1.29, 1.82) is 0 Å². The fourth-order valence-electron chi connectivity index (χ4n) is 0.135. The van der Waals surface area contributed by atoms with Crippen molar-refractivity contribution in [1.82, 2.24) is 4.84 Å². The van der Waals surface area contributed by atoms with Gasteiger partial charge in [0.1, 0.15) is 17.4 Å². The third-order valence-corrected chi connectivity index (χ3v) is 1.43. The molecule has 0 aromatic rings. The van der Waals surface area contributed by atoms with Crippen molar-refractivity contribution < 1.29 is 9.08 Å². The zero-order chi connectivity index (χ0) is 7.49. The van der Waals surface area contributed by atoms with Crippen LogP contribution in [0.3, 0.4) is 0 Å². The molecule has 0 saturated heterocycles. The van der Waals surface area contributed by atoms with Gasteiger partial charge < -0.3 is 4.29 Å². The zero-order valence-electron chi connectivity index (χ0n) is 5.07. The van der Waals surface area contributed by atoms with Crippen molar-refractivity contribution in [2.45, 2.75) is 19.4 Å². The van der Waals surface area contributed by atoms with Gasteiger partial charge in [0.05, 0.1) is 0 Å². The van der Waals surface area contributed by atoms with Crippen LogP contribution >= 0.6 is 23.6 Å². The molecule has 0 bridgehead atoms. The van der Waals surface area contributed by atoms with E-state index in [2.05, 4.69) is 9.13 Å². The second kappa shape index (κ2) is 3.25. The summed E-state index contributed by atoms with van der Waals surface area (Å²) in [5.74, 6) is -0.612. The van der Waals surface area contributed by atoms with Crippen molar-refractivity contribution in [3.8, 4) is 0 Å². The van der Waals surface area contributed by atoms with E-state index in [0.29, 0.717) is 0 Å². The van der Waals surface area contributed by atoms with Gasteiger partial charge in [-0.25, -0.2) is 9.63 Å². The van der Waals surface area contributed by atoms with Gasteiger partial charge in [-0.15, -0.1) is 0 Å². The lowest BCUT2D eigenvalue weighted by Gasteiger charge is -2.16. The van der Waals surface area contributed by atoms with Gasteiger partial charge in [0.15, 0.2) is 0 Å². The van der Waals surface area contributed by atoms with Crippen molar-refractivity contribution in [3.63, 3.8) is 0 Å². The quantitative estimate of drug-likeness (QED) is 0.636. The molecule has 0 aliphatic carbocycles. The van der Waals surface area contributed by atoms with Crippen LogP contribution in [-0.4, -0.2) is 11.5 Å². The Labute approximate surface area is 63.5 Å². The van der Waals surface area contributed by atoms with E-state index in [1.165, 1.54) is 0 Å². The van der Waals surface area contributed by atoms with Gasteiger partial charge in [0, 0.05) is 0 Å². The summed E-state index contributed by atoms with van der Waals surface area (Å²) in [5.41, 5.74) is -0.927. The molecule has 0 aliphatic heterocycles. The molecule has 5 heteroatoms. The summed E-state index contributed by atoms with van der Waals surface area (Å²) in [6.07, 6.45) is 0. The first kappa shape index (κ1) is 9.01. The van der Waals surface area contributed by atoms with E-state index >= 15 is 0 Å². The molecule has 0 saturated carbocycles. The average molecular weight is 172 g/mol. The van der Waals surface area contributed by atoms with Crippen molar-refractivity contribution in [2.75, 3.05) is 0 Å². The van der Waals surface area contributed by atoms with E-state index in [4.69, 9.17) is 23.6 Å². The van der Waals surface area contributed by atoms with E-state index in [0.717, 1.165) is 0 Å². The molecule has 54 valence electrons. The first-order valence-electron chi connectivity index (χ1n) is 2.25. The van der Waals surface area contributed by atoms with E-state index in [1.54, 1.807) is 13.8 Å². The Kier molecular flexibility index (Phi) is 3.25. The molecule has 0 spiro atoms. The summed E-state index contributed by atoms with van der Waals surface area (Å²) in [6.45, 7) is 3.09. The Morgan fingerprint density at radius 1 is 1.67 bits per heavy atom. The molecule has 0 aromatic carbocycles. The fraction of sp³-hybridized carbons (Fsp3) is 0.750. The molecule has 3 nitrogen and oxygen atoms in total. The Morgan fingerprint density at radius 2 is 2.11 bits per heavy atom. The minimum atomic E-state index is -0.927. The summed E-state index contributed by atoms with van der Waals surface area (Å²) in [5, 5.41) is 0. The summed E-state index contributed by atoms with van der Waals surface area (Å²) in [4.78, 5) is 12.8. The fourth-order valence-corrected chi connectivity index (χ4v) is 0.405. The van der Waals surface area contributed by atoms with Crippen LogP contribution in [0.15, 0.2) is 0 Å². The maximum Gasteiger partial charge on any atom is 0.345 e. The molecule has 0 fully saturated rings. The molecular weight excluding hydrogens is 165 g/mol. The monoisotopic (exact) mass is 171 g/mol. The molecule has 0 atom stereocenters. The Morgan fingerprint density at radius 3 is 2.22 bits per heavy atom. The molecule has 0 heterocycles. The lowest BCUT2D eigenvalue weighted by molar-refractivity contribution is -0.139. The minimum Gasteiger partial charge on any atom is -0.346 e. The van der Waals surface area contributed by atoms with Crippen molar-refractivity contribution >= 4 is 29.6 Å². The highest BCUT2D eigenvalue weighted by Gasteiger charge is 2.28. The largest absolute Gasteiger partial charge is 0.346 e. The third kappa shape index (κ3) is 2.39. The third-order valence-electron chi connectivity index (χ3n) is 0.817. The van der Waals surface area contributed by atoms with Gasteiger partial charge in [-0.1, -0.05) is 0 Å². The summed E-state index contributed by atoms with van der Waals surface area (Å²) in [6, 6.07) is 0. The highest BCUT2D eigenvalue weighted by molar-refractivity contribution is 6.18. The lowest BCUT2D eigenvalue weighted by atomic mass is 10.1. The Bertz CT molecular complexity index is 115. The minimum absolute atomic E-state index is 0.612. The van der Waals surface area contributed by atoms with Crippen LogP contribution in [0.4, 0.5) is 0 Å². The molecule has 0 amide bonds. The molecule has 0 aromatic heterocycles. The maximum atomic E-state index is 10.6. The molecular formula is C4H7Cl2NO2. The normalized spacial score (nSPS) is 11.1. The highest BCUT2D eigenvalue weighted by atomic mass is 35.5. The smallest absolute Gasteiger partial charge is 0.345 e. The first-order valence-corrected chi connectivity index (χ1v) is 2.94. The van der Waals surface area contributed by atoms with E-state index in [-0.39, 0.29) is 0 Å². The van der Waals surface area contributed by atoms with E-state index in [9.17, 15) is 4.79 Å². The van der Waals surface area contributed by atoms with Crippen molar-refractivity contribution in [2.24, 2.45) is 0 Å². The molecule has 9 heavy (non-hydrogen) atoms. The molecule has 1 N–H and O–H groups in total. The van der Waals surface area contributed by atoms with Crippen LogP contribution in [0.1, 0.15) is 13.8 Å². The van der Waals surface area contributed by atoms with Crippen LogP contribution in [0.5, 0.6) is 0 Å². The highest BCUT2D eigenvalue weighted by Crippen LogP contribution is 2.06. The first-order chi connectivity index (χ1) is 4.04. The van der Waals surface area contributed by atoms with Crippen LogP contribution in [-0.2, 0) is 9.08 Å². The average Bonchev–Trinajstić information content (AvgIpc) is 1.86. The van der Waals surface area contributed by atoms with Crippen LogP contribution in [0.2, 0.25) is 0 Å². The second-order valence-corrected chi connectivity index (χ2v) is 2.43. The number of carbonyl (C=O) groups is 1. The number of hydrogen-bond donors (Lipinski definition) is 1. The number of carbonyl (C=O) groups excluding carboxylic acids is 1. The molecule has 0 radical (unpaired) electrons. The van der Waals surface area contributed by atoms with Crippen molar-refractivity contribution in [3.05, 3.63) is 0 Å². The van der Waals surface area contributed by atoms with E-state index < -0.39 is 11.5 Å². The number of halogens is 2. The van der Waals surface area contributed by atoms with Gasteiger partial charge in [-0.05, 0) is 25.6 Å². The number of hydrogen-bond acceptors (Lipinski definition) is 3. The van der Waals surface area contributed by atoms with Crippen LogP contribution in [0.25, 0.3) is 0 Å². The van der Waals surface area contributed by atoms with Gasteiger partial charge in [-0.3, -0.25) is 0 Å². The van der Waals surface area contributed by atoms with Gasteiger partial charge in [-0.2, -0.15) is 0 Å². The summed E-state index contributed by atoms with van der Waals surface area (Å²) < 4.78 is 3.89. The topological polar surface area (TPSA) is 38.3 Å². The van der Waals surface area contributed by atoms with Crippen LogP contribution in [0, 0.1) is 0 Å². The predicted octanol–water partition coefficient (Wildman–Crippen LogP) is 1.21. The standard InChI is InChI=1S/C4H7Cl2NO2/c1-4(2,7-5)3(8)9-6/h7H,1-2H3. The summed E-state index contributed by atoms with van der Waals surface area (Å²) >= 11 is 9.92. The SMILES string of the molecule is CC(C)(NCl)C(=O)OCl. The Balaban J connectivity index is 3.97. The Hall–Kier alpha value is 0.01000. The zero-order valence-corrected chi connectivity index (χ0v) is 6.58. The van der Waals surface area contributed by atoms with E-state index in [1.807, 2.05) is 0 Å². The summed E-state index contributed by atoms with van der Waals surface area (Å²) in [7, 11) is 0. The molecule has 0 rings (SSSR count). The van der Waals surface area contributed by atoms with Gasteiger partial charge in [0.25, 0.3) is 0 Å². The maximum absolute atomic E-state index is 10.6. The number of nitrogens with one attached hydrogen (secondary N) is 1. The lowest BCUT2D eigenvalue weighted by Crippen LogP contribution is -2.41. The molecule has 0 aliphatic rings. The van der Waals surface area contributed by atoms with Crippen LogP contribution < -0.4 is 4.84 Å². The predicted molar refractivity (Wildman–Crippen MR) is 35.0 cm³/mol. The van der Waals surface area contributed by atoms with Gasteiger partial charge >= 0.3 is 5.97 Å². The van der Waals surface area contributed by atoms with Gasteiger partial charge in [0.2, 0.25) is 0 Å².